The second-order valence-electron chi connectivity index (χ2n) is 4.70. The molecule has 2 aromatic carbocycles. The van der Waals surface area contributed by atoms with Crippen LogP contribution in [0.4, 0.5) is 8.78 Å². The van der Waals surface area contributed by atoms with E-state index in [1.54, 1.807) is 31.3 Å². The van der Waals surface area contributed by atoms with Crippen LogP contribution in [0, 0.1) is 11.6 Å². The molecule has 2 aromatic rings. The van der Waals surface area contributed by atoms with Crippen molar-refractivity contribution in [3.8, 4) is 5.75 Å². The van der Waals surface area contributed by atoms with Crippen LogP contribution in [0.2, 0.25) is 0 Å². The maximum Gasteiger partial charge on any atom is 0.137 e. The molecule has 0 amide bonds. The molecule has 1 N–H and O–H groups in total. The van der Waals surface area contributed by atoms with Gasteiger partial charge in [0, 0.05) is 23.2 Å². The quantitative estimate of drug-likeness (QED) is 0.846. The minimum Gasteiger partial charge on any atom is -0.489 e. The molecule has 112 valence electrons. The van der Waals surface area contributed by atoms with Crippen molar-refractivity contribution in [1.82, 2.24) is 5.32 Å². The fourth-order valence-electron chi connectivity index (χ4n) is 1.93. The van der Waals surface area contributed by atoms with Crippen LogP contribution in [0.15, 0.2) is 40.9 Å². The lowest BCUT2D eigenvalue weighted by Gasteiger charge is -2.13. The Kier molecular flexibility index (Phi) is 5.31. The van der Waals surface area contributed by atoms with Gasteiger partial charge in [-0.2, -0.15) is 0 Å². The fourth-order valence-corrected chi connectivity index (χ4v) is 2.30. The van der Waals surface area contributed by atoms with Gasteiger partial charge in [-0.3, -0.25) is 0 Å². The summed E-state index contributed by atoms with van der Waals surface area (Å²) in [5.41, 5.74) is 1.25. The molecular weight excluding hydrogens is 340 g/mol. The third-order valence-electron chi connectivity index (χ3n) is 3.30. The van der Waals surface area contributed by atoms with E-state index < -0.39 is 0 Å². The van der Waals surface area contributed by atoms with E-state index in [0.29, 0.717) is 21.3 Å². The summed E-state index contributed by atoms with van der Waals surface area (Å²) >= 11 is 3.17. The molecule has 0 aliphatic heterocycles. The Labute approximate surface area is 131 Å². The number of hydrogen-bond donors (Lipinski definition) is 1. The second-order valence-corrected chi connectivity index (χ2v) is 5.49. The maximum absolute atomic E-state index is 14.0. The van der Waals surface area contributed by atoms with Gasteiger partial charge in [0.15, 0.2) is 0 Å². The third-order valence-corrected chi connectivity index (χ3v) is 4.19. The first kappa shape index (κ1) is 15.9. The van der Waals surface area contributed by atoms with Crippen LogP contribution in [0.1, 0.15) is 24.1 Å². The Morgan fingerprint density at radius 1 is 1.19 bits per heavy atom. The van der Waals surface area contributed by atoms with Crippen LogP contribution < -0.4 is 10.1 Å². The van der Waals surface area contributed by atoms with Crippen molar-refractivity contribution in [3.63, 3.8) is 0 Å². The zero-order chi connectivity index (χ0) is 15.4. The fraction of sp³-hybridized carbons (Fsp3) is 0.250. The summed E-state index contributed by atoms with van der Waals surface area (Å²) in [6, 6.07) is 9.39. The van der Waals surface area contributed by atoms with Gasteiger partial charge >= 0.3 is 0 Å². The van der Waals surface area contributed by atoms with Crippen molar-refractivity contribution in [2.45, 2.75) is 19.6 Å². The lowest BCUT2D eigenvalue weighted by Crippen LogP contribution is -2.13. The van der Waals surface area contributed by atoms with E-state index in [1.165, 1.54) is 12.1 Å². The molecule has 0 saturated heterocycles. The molecule has 0 aliphatic rings. The van der Waals surface area contributed by atoms with Crippen LogP contribution >= 0.6 is 15.9 Å². The normalized spacial score (nSPS) is 12.2. The zero-order valence-corrected chi connectivity index (χ0v) is 13.4. The van der Waals surface area contributed by atoms with Gasteiger partial charge in [0.05, 0.1) is 4.47 Å². The van der Waals surface area contributed by atoms with Gasteiger partial charge in [0.2, 0.25) is 0 Å². The Morgan fingerprint density at radius 2 is 1.95 bits per heavy atom. The summed E-state index contributed by atoms with van der Waals surface area (Å²) in [5, 5.41) is 2.98. The molecule has 0 spiro atoms. The van der Waals surface area contributed by atoms with Gasteiger partial charge < -0.3 is 10.1 Å². The zero-order valence-electron chi connectivity index (χ0n) is 11.8. The van der Waals surface area contributed by atoms with Gasteiger partial charge in [-0.25, -0.2) is 8.78 Å². The van der Waals surface area contributed by atoms with Gasteiger partial charge in [-0.15, -0.1) is 0 Å². The topological polar surface area (TPSA) is 21.3 Å². The van der Waals surface area contributed by atoms with Crippen LogP contribution in [0.5, 0.6) is 5.75 Å². The summed E-state index contributed by atoms with van der Waals surface area (Å²) in [7, 11) is 1.77. The van der Waals surface area contributed by atoms with Crippen molar-refractivity contribution in [2.75, 3.05) is 7.05 Å². The number of rotatable bonds is 5. The Hall–Kier alpha value is -1.46. The Bertz CT molecular complexity index is 634. The van der Waals surface area contributed by atoms with Crippen LogP contribution in [-0.4, -0.2) is 7.05 Å². The van der Waals surface area contributed by atoms with E-state index in [2.05, 4.69) is 21.2 Å². The molecule has 2 nitrogen and oxygen atoms in total. The molecular formula is C16H16BrF2NO. The average molecular weight is 356 g/mol. The lowest BCUT2D eigenvalue weighted by atomic mass is 10.1. The number of halogens is 3. The van der Waals surface area contributed by atoms with Gasteiger partial charge in [-0.1, -0.05) is 18.2 Å². The molecule has 5 heteroatoms. The highest BCUT2D eigenvalue weighted by Gasteiger charge is 2.11. The van der Waals surface area contributed by atoms with Crippen LogP contribution in [0.3, 0.4) is 0 Å². The van der Waals surface area contributed by atoms with Gasteiger partial charge in [-0.05, 0) is 42.0 Å². The monoisotopic (exact) mass is 355 g/mol. The van der Waals surface area contributed by atoms with E-state index in [9.17, 15) is 8.78 Å². The highest BCUT2D eigenvalue weighted by molar-refractivity contribution is 9.10. The SMILES string of the molecule is CNC(C)c1ccc(OCc2cccc(F)c2Br)cc1F. The van der Waals surface area contributed by atoms with Crippen molar-refractivity contribution >= 4 is 15.9 Å². The number of ether oxygens (including phenoxy) is 1. The first-order valence-electron chi connectivity index (χ1n) is 6.55. The average Bonchev–Trinajstić information content (AvgIpc) is 2.48. The Morgan fingerprint density at radius 3 is 2.62 bits per heavy atom. The first-order valence-corrected chi connectivity index (χ1v) is 7.34. The second kappa shape index (κ2) is 7.00. The minimum atomic E-state index is -0.347. The largest absolute Gasteiger partial charge is 0.489 e. The molecule has 0 fully saturated rings. The molecule has 0 aromatic heterocycles. The van der Waals surface area contributed by atoms with E-state index in [1.807, 2.05) is 6.92 Å². The minimum absolute atomic E-state index is 0.0728. The van der Waals surface area contributed by atoms with Crippen molar-refractivity contribution in [3.05, 3.63) is 63.6 Å². The maximum atomic E-state index is 14.0. The molecule has 21 heavy (non-hydrogen) atoms. The smallest absolute Gasteiger partial charge is 0.137 e. The predicted molar refractivity (Wildman–Crippen MR) is 82.3 cm³/mol. The van der Waals surface area contributed by atoms with Crippen molar-refractivity contribution in [1.29, 1.82) is 0 Å². The number of benzene rings is 2. The summed E-state index contributed by atoms with van der Waals surface area (Å²) in [4.78, 5) is 0. The summed E-state index contributed by atoms with van der Waals surface area (Å²) < 4.78 is 33.2. The lowest BCUT2D eigenvalue weighted by molar-refractivity contribution is 0.302. The Balaban J connectivity index is 2.10. The van der Waals surface area contributed by atoms with E-state index in [0.717, 1.165) is 0 Å². The number of hydrogen-bond acceptors (Lipinski definition) is 2. The van der Waals surface area contributed by atoms with Crippen molar-refractivity contribution in [2.24, 2.45) is 0 Å². The van der Waals surface area contributed by atoms with E-state index in [-0.39, 0.29) is 24.3 Å². The standard InChI is InChI=1S/C16H16BrF2NO/c1-10(20-2)13-7-6-12(8-15(13)19)21-9-11-4-3-5-14(18)16(11)17/h3-8,10,20H,9H2,1-2H3. The first-order chi connectivity index (χ1) is 10.0. The molecule has 0 radical (unpaired) electrons. The summed E-state index contributed by atoms with van der Waals surface area (Å²) in [6.45, 7) is 2.04. The molecule has 0 aliphatic carbocycles. The van der Waals surface area contributed by atoms with Gasteiger partial charge in [0.25, 0.3) is 0 Å². The van der Waals surface area contributed by atoms with E-state index in [4.69, 9.17) is 4.74 Å². The highest BCUT2D eigenvalue weighted by Crippen LogP contribution is 2.25. The molecule has 0 bridgehead atoms. The molecule has 0 saturated carbocycles. The molecule has 2 rings (SSSR count). The van der Waals surface area contributed by atoms with E-state index >= 15 is 0 Å². The number of nitrogens with one attached hydrogen (secondary N) is 1. The molecule has 1 atom stereocenters. The van der Waals surface area contributed by atoms with Crippen LogP contribution in [0.25, 0.3) is 0 Å². The van der Waals surface area contributed by atoms with Gasteiger partial charge in [0.1, 0.15) is 24.0 Å². The van der Waals surface area contributed by atoms with Crippen LogP contribution in [-0.2, 0) is 6.61 Å². The third kappa shape index (κ3) is 3.80. The molecule has 0 heterocycles. The highest BCUT2D eigenvalue weighted by atomic mass is 79.9. The molecule has 1 unspecified atom stereocenters. The summed E-state index contributed by atoms with van der Waals surface area (Å²) in [5.74, 6) is -0.260. The predicted octanol–water partition coefficient (Wildman–Crippen LogP) is 4.59. The van der Waals surface area contributed by atoms with Crippen molar-refractivity contribution < 1.29 is 13.5 Å². The summed E-state index contributed by atoms with van der Waals surface area (Å²) in [6.07, 6.45) is 0.